The van der Waals surface area contributed by atoms with E-state index in [0.717, 1.165) is 40.9 Å². The maximum Gasteiger partial charge on any atom is 0.231 e. The number of fused-ring (bicyclic) bond motifs is 2. The van der Waals surface area contributed by atoms with Gasteiger partial charge in [-0.25, -0.2) is 9.50 Å². The fraction of sp³-hybridized carbons (Fsp3) is 0.222. The lowest BCUT2D eigenvalue weighted by Gasteiger charge is -2.10. The Morgan fingerprint density at radius 3 is 2.92 bits per heavy atom. The predicted octanol–water partition coefficient (Wildman–Crippen LogP) is 3.01. The second-order valence-electron chi connectivity index (χ2n) is 6.38. The van der Waals surface area contributed by atoms with Crippen molar-refractivity contribution in [1.29, 1.82) is 0 Å². The molecule has 0 spiro atoms. The average Bonchev–Trinajstić information content (AvgIpc) is 3.02. The van der Waals surface area contributed by atoms with E-state index in [2.05, 4.69) is 10.1 Å². The van der Waals surface area contributed by atoms with Crippen LogP contribution in [0.2, 0.25) is 0 Å². The monoisotopic (exact) mass is 320 g/mol. The predicted molar refractivity (Wildman–Crippen MR) is 89.8 cm³/mol. The van der Waals surface area contributed by atoms with Crippen LogP contribution in [-0.2, 0) is 0 Å². The van der Waals surface area contributed by atoms with Crippen LogP contribution in [0, 0.1) is 0 Å². The third-order valence-electron chi connectivity index (χ3n) is 4.42. The zero-order chi connectivity index (χ0) is 16.1. The van der Waals surface area contributed by atoms with Crippen molar-refractivity contribution in [3.63, 3.8) is 0 Å². The quantitative estimate of drug-likeness (QED) is 0.625. The van der Waals surface area contributed by atoms with Crippen LogP contribution in [-0.4, -0.2) is 26.7 Å². The molecule has 6 nitrogen and oxygen atoms in total. The highest BCUT2D eigenvalue weighted by Crippen LogP contribution is 2.32. The number of nitrogens with two attached hydrogens (primary N) is 1. The van der Waals surface area contributed by atoms with Crippen LogP contribution in [0.4, 0.5) is 0 Å². The molecule has 1 aliphatic carbocycles. The molecule has 0 amide bonds. The molecular weight excluding hydrogens is 304 g/mol. The lowest BCUT2D eigenvalue weighted by atomic mass is 10.2. The van der Waals surface area contributed by atoms with Crippen molar-refractivity contribution in [2.24, 2.45) is 5.73 Å². The van der Waals surface area contributed by atoms with Gasteiger partial charge in [0.2, 0.25) is 5.88 Å². The molecule has 4 aromatic rings. The normalized spacial score (nSPS) is 15.9. The number of aromatic nitrogens is 3. The van der Waals surface area contributed by atoms with E-state index >= 15 is 0 Å². The minimum Gasteiger partial charge on any atom is -0.475 e. The highest BCUT2D eigenvalue weighted by molar-refractivity contribution is 5.82. The molecule has 1 fully saturated rings. The summed E-state index contributed by atoms with van der Waals surface area (Å²) in [6.45, 7) is 0.486. The first kappa shape index (κ1) is 13.6. The van der Waals surface area contributed by atoms with Crippen LogP contribution >= 0.6 is 0 Å². The van der Waals surface area contributed by atoms with E-state index in [1.54, 1.807) is 10.7 Å². The Morgan fingerprint density at radius 2 is 2.08 bits per heavy atom. The standard InChI is InChI=1S/C18H16N4O2/c19-18(7-8-18)11-23-17-6-5-16-20-10-13(22(16)21-17)15-9-12-3-1-2-4-14(12)24-15/h1-6,9-10H,7-8,11,19H2. The van der Waals surface area contributed by atoms with Gasteiger partial charge in [0, 0.05) is 11.5 Å². The Labute approximate surface area is 137 Å². The van der Waals surface area contributed by atoms with Gasteiger partial charge < -0.3 is 14.9 Å². The number of para-hydroxylation sites is 1. The summed E-state index contributed by atoms with van der Waals surface area (Å²) >= 11 is 0. The molecule has 5 rings (SSSR count). The summed E-state index contributed by atoms with van der Waals surface area (Å²) < 4.78 is 13.4. The van der Waals surface area contributed by atoms with E-state index in [9.17, 15) is 0 Å². The van der Waals surface area contributed by atoms with Crippen LogP contribution in [0.1, 0.15) is 12.8 Å². The number of hydrogen-bond donors (Lipinski definition) is 1. The molecular formula is C18H16N4O2. The minimum atomic E-state index is -0.173. The van der Waals surface area contributed by atoms with Gasteiger partial charge in [-0.3, -0.25) is 0 Å². The number of hydrogen-bond acceptors (Lipinski definition) is 5. The molecule has 1 saturated carbocycles. The maximum absolute atomic E-state index is 6.06. The Hall–Kier alpha value is -2.86. The van der Waals surface area contributed by atoms with Crippen LogP contribution in [0.25, 0.3) is 28.1 Å². The smallest absolute Gasteiger partial charge is 0.231 e. The summed E-state index contributed by atoms with van der Waals surface area (Å²) in [5.41, 5.74) is 8.27. The third-order valence-corrected chi connectivity index (χ3v) is 4.42. The first-order valence-corrected chi connectivity index (χ1v) is 7.96. The average molecular weight is 320 g/mol. The third kappa shape index (κ3) is 2.23. The van der Waals surface area contributed by atoms with E-state index in [0.29, 0.717) is 12.5 Å². The highest BCUT2D eigenvalue weighted by Gasteiger charge is 2.39. The first-order valence-electron chi connectivity index (χ1n) is 7.96. The number of nitrogens with zero attached hydrogens (tertiary/aromatic N) is 3. The van der Waals surface area contributed by atoms with Crippen molar-refractivity contribution in [2.75, 3.05) is 6.61 Å². The summed E-state index contributed by atoms with van der Waals surface area (Å²) in [6, 6.07) is 13.6. The molecule has 1 aromatic carbocycles. The van der Waals surface area contributed by atoms with Crippen molar-refractivity contribution in [3.05, 3.63) is 48.7 Å². The number of rotatable bonds is 4. The molecule has 120 valence electrons. The maximum atomic E-state index is 6.06. The summed E-state index contributed by atoms with van der Waals surface area (Å²) in [7, 11) is 0. The number of benzene rings is 1. The van der Waals surface area contributed by atoms with E-state index in [4.69, 9.17) is 14.9 Å². The lowest BCUT2D eigenvalue weighted by Crippen LogP contribution is -2.30. The minimum absolute atomic E-state index is 0.173. The van der Waals surface area contributed by atoms with Gasteiger partial charge in [0.05, 0.1) is 11.7 Å². The summed E-state index contributed by atoms with van der Waals surface area (Å²) in [6.07, 6.45) is 3.77. The topological polar surface area (TPSA) is 78.6 Å². The first-order chi connectivity index (χ1) is 11.7. The Kier molecular flexibility index (Phi) is 2.72. The van der Waals surface area contributed by atoms with Crippen LogP contribution in [0.5, 0.6) is 5.88 Å². The zero-order valence-electron chi connectivity index (χ0n) is 13.0. The fourth-order valence-electron chi connectivity index (χ4n) is 2.73. The van der Waals surface area contributed by atoms with Gasteiger partial charge in [-0.15, -0.1) is 5.10 Å². The SMILES string of the molecule is NC1(COc2ccc3ncc(-c4cc5ccccc5o4)n3n2)CC1. The van der Waals surface area contributed by atoms with E-state index < -0.39 is 0 Å². The highest BCUT2D eigenvalue weighted by atomic mass is 16.5. The Balaban J connectivity index is 1.55. The van der Waals surface area contributed by atoms with Gasteiger partial charge in [0.15, 0.2) is 11.4 Å². The van der Waals surface area contributed by atoms with Gasteiger partial charge in [-0.05, 0) is 31.0 Å². The second kappa shape index (κ2) is 4.82. The molecule has 6 heteroatoms. The van der Waals surface area contributed by atoms with Crippen molar-refractivity contribution in [3.8, 4) is 17.3 Å². The van der Waals surface area contributed by atoms with Gasteiger partial charge in [0.1, 0.15) is 17.9 Å². The summed E-state index contributed by atoms with van der Waals surface area (Å²) in [5, 5.41) is 5.58. The van der Waals surface area contributed by atoms with Crippen LogP contribution in [0.3, 0.4) is 0 Å². The molecule has 1 aliphatic rings. The van der Waals surface area contributed by atoms with Crippen molar-refractivity contribution in [2.45, 2.75) is 18.4 Å². The van der Waals surface area contributed by atoms with Crippen LogP contribution in [0.15, 0.2) is 53.1 Å². The van der Waals surface area contributed by atoms with E-state index in [-0.39, 0.29) is 5.54 Å². The molecule has 0 unspecified atom stereocenters. The number of ether oxygens (including phenoxy) is 1. The molecule has 0 bridgehead atoms. The van der Waals surface area contributed by atoms with Crippen molar-refractivity contribution in [1.82, 2.24) is 14.6 Å². The lowest BCUT2D eigenvalue weighted by molar-refractivity contribution is 0.266. The Morgan fingerprint density at radius 1 is 1.21 bits per heavy atom. The molecule has 0 aliphatic heterocycles. The van der Waals surface area contributed by atoms with E-state index in [1.807, 2.05) is 42.5 Å². The number of furan rings is 1. The van der Waals surface area contributed by atoms with Gasteiger partial charge in [0.25, 0.3) is 0 Å². The molecule has 24 heavy (non-hydrogen) atoms. The van der Waals surface area contributed by atoms with Crippen molar-refractivity contribution >= 4 is 16.6 Å². The fourth-order valence-corrected chi connectivity index (χ4v) is 2.73. The van der Waals surface area contributed by atoms with E-state index in [1.165, 1.54) is 0 Å². The molecule has 0 atom stereocenters. The molecule has 0 saturated heterocycles. The molecule has 2 N–H and O–H groups in total. The molecule has 0 radical (unpaired) electrons. The largest absolute Gasteiger partial charge is 0.475 e. The van der Waals surface area contributed by atoms with Crippen LogP contribution < -0.4 is 10.5 Å². The van der Waals surface area contributed by atoms with Gasteiger partial charge >= 0.3 is 0 Å². The molecule has 3 heterocycles. The summed E-state index contributed by atoms with van der Waals surface area (Å²) in [4.78, 5) is 4.39. The summed E-state index contributed by atoms with van der Waals surface area (Å²) in [5.74, 6) is 1.26. The molecule has 3 aromatic heterocycles. The van der Waals surface area contributed by atoms with Gasteiger partial charge in [-0.2, -0.15) is 0 Å². The van der Waals surface area contributed by atoms with Crippen molar-refractivity contribution < 1.29 is 9.15 Å². The number of imidazole rings is 1. The zero-order valence-corrected chi connectivity index (χ0v) is 13.0. The second-order valence-corrected chi connectivity index (χ2v) is 6.38. The Bertz CT molecular complexity index is 1010. The van der Waals surface area contributed by atoms with Gasteiger partial charge in [-0.1, -0.05) is 18.2 Å².